The molecule has 0 aliphatic carbocycles. The molecule has 0 spiro atoms. The maximum Gasteiger partial charge on any atom is 0.161 e. The van der Waals surface area contributed by atoms with E-state index in [4.69, 9.17) is 4.74 Å². The van der Waals surface area contributed by atoms with E-state index in [0.717, 1.165) is 30.4 Å². The maximum absolute atomic E-state index is 9.65. The Kier molecular flexibility index (Phi) is 3.49. The molecule has 0 unspecified atom stereocenters. The minimum absolute atomic E-state index is 0.197. The number of rotatable bonds is 2. The molecule has 4 heteroatoms. The number of phenolic OH excluding ortho intramolecular Hbond substituents is 1. The highest BCUT2D eigenvalue weighted by Gasteiger charge is 2.15. The molecular weight excluding hydrogens is 258 g/mol. The number of hydrogen-bond donors (Lipinski definition) is 2. The Bertz CT molecular complexity index is 337. The Hall–Kier alpha value is -0.740. The second kappa shape index (κ2) is 4.86. The summed E-state index contributed by atoms with van der Waals surface area (Å²) in [5.74, 6) is 0.771. The zero-order chi connectivity index (χ0) is 10.7. The molecular formula is C11H14BrNO2. The SMILES string of the molecule is Oc1cc(Br)ccc1OC1CCNCC1. The van der Waals surface area contributed by atoms with E-state index >= 15 is 0 Å². The van der Waals surface area contributed by atoms with Gasteiger partial charge in [0.25, 0.3) is 0 Å². The molecule has 1 aromatic rings. The van der Waals surface area contributed by atoms with Gasteiger partial charge in [0.15, 0.2) is 11.5 Å². The number of piperidine rings is 1. The zero-order valence-electron chi connectivity index (χ0n) is 8.37. The zero-order valence-corrected chi connectivity index (χ0v) is 9.96. The summed E-state index contributed by atoms with van der Waals surface area (Å²) in [5.41, 5.74) is 0. The number of benzene rings is 1. The van der Waals surface area contributed by atoms with Crippen molar-refractivity contribution in [1.29, 1.82) is 0 Å². The Morgan fingerprint density at radius 1 is 1.33 bits per heavy atom. The summed E-state index contributed by atoms with van der Waals surface area (Å²) in [6, 6.07) is 5.31. The topological polar surface area (TPSA) is 41.5 Å². The molecule has 1 heterocycles. The van der Waals surface area contributed by atoms with Gasteiger partial charge in [0.2, 0.25) is 0 Å². The van der Waals surface area contributed by atoms with E-state index in [1.807, 2.05) is 6.07 Å². The maximum atomic E-state index is 9.65. The van der Waals surface area contributed by atoms with Gasteiger partial charge in [-0.05, 0) is 44.1 Å². The predicted octanol–water partition coefficient (Wildman–Crippen LogP) is 2.29. The first-order chi connectivity index (χ1) is 7.25. The van der Waals surface area contributed by atoms with Gasteiger partial charge in [-0.1, -0.05) is 15.9 Å². The molecule has 2 N–H and O–H groups in total. The van der Waals surface area contributed by atoms with Crippen LogP contribution in [0.2, 0.25) is 0 Å². The largest absolute Gasteiger partial charge is 0.504 e. The molecule has 1 aliphatic rings. The Morgan fingerprint density at radius 3 is 2.73 bits per heavy atom. The molecule has 15 heavy (non-hydrogen) atoms. The molecule has 0 atom stereocenters. The van der Waals surface area contributed by atoms with Crippen LogP contribution in [0.25, 0.3) is 0 Å². The van der Waals surface area contributed by atoms with E-state index in [2.05, 4.69) is 21.2 Å². The normalized spacial score (nSPS) is 17.7. The van der Waals surface area contributed by atoms with E-state index in [1.54, 1.807) is 12.1 Å². The number of halogens is 1. The fourth-order valence-corrected chi connectivity index (χ4v) is 2.03. The van der Waals surface area contributed by atoms with Gasteiger partial charge in [0, 0.05) is 4.47 Å². The van der Waals surface area contributed by atoms with Crippen molar-refractivity contribution >= 4 is 15.9 Å². The predicted molar refractivity (Wildman–Crippen MR) is 62.3 cm³/mol. The molecule has 0 saturated carbocycles. The summed E-state index contributed by atoms with van der Waals surface area (Å²) >= 11 is 3.30. The summed E-state index contributed by atoms with van der Waals surface area (Å²) in [4.78, 5) is 0. The number of phenols is 1. The molecule has 0 aromatic heterocycles. The first-order valence-electron chi connectivity index (χ1n) is 5.11. The lowest BCUT2D eigenvalue weighted by Crippen LogP contribution is -2.34. The molecule has 1 saturated heterocycles. The first-order valence-corrected chi connectivity index (χ1v) is 5.91. The Morgan fingerprint density at radius 2 is 2.07 bits per heavy atom. The molecule has 0 amide bonds. The van der Waals surface area contributed by atoms with Gasteiger partial charge >= 0.3 is 0 Å². The second-order valence-corrected chi connectivity index (χ2v) is 4.59. The molecule has 2 rings (SSSR count). The summed E-state index contributed by atoms with van der Waals surface area (Å²) in [6.07, 6.45) is 2.21. The van der Waals surface area contributed by atoms with Crippen molar-refractivity contribution in [2.75, 3.05) is 13.1 Å². The lowest BCUT2D eigenvalue weighted by Gasteiger charge is -2.24. The fraction of sp³-hybridized carbons (Fsp3) is 0.455. The van der Waals surface area contributed by atoms with E-state index in [9.17, 15) is 5.11 Å². The van der Waals surface area contributed by atoms with E-state index in [-0.39, 0.29) is 11.9 Å². The van der Waals surface area contributed by atoms with Crippen LogP contribution in [0.1, 0.15) is 12.8 Å². The van der Waals surface area contributed by atoms with Gasteiger partial charge in [-0.2, -0.15) is 0 Å². The van der Waals surface area contributed by atoms with Gasteiger partial charge in [-0.3, -0.25) is 0 Å². The van der Waals surface area contributed by atoms with E-state index in [1.165, 1.54) is 0 Å². The van der Waals surface area contributed by atoms with Crippen LogP contribution in [0.4, 0.5) is 0 Å². The highest BCUT2D eigenvalue weighted by atomic mass is 79.9. The lowest BCUT2D eigenvalue weighted by atomic mass is 10.1. The van der Waals surface area contributed by atoms with Gasteiger partial charge in [0.05, 0.1) is 0 Å². The summed E-state index contributed by atoms with van der Waals surface area (Å²) < 4.78 is 6.59. The fourth-order valence-electron chi connectivity index (χ4n) is 1.68. The van der Waals surface area contributed by atoms with Crippen LogP contribution in [0.15, 0.2) is 22.7 Å². The molecule has 1 aliphatic heterocycles. The highest BCUT2D eigenvalue weighted by Crippen LogP contribution is 2.30. The second-order valence-electron chi connectivity index (χ2n) is 3.68. The number of hydrogen-bond acceptors (Lipinski definition) is 3. The smallest absolute Gasteiger partial charge is 0.161 e. The molecule has 1 aromatic carbocycles. The van der Waals surface area contributed by atoms with E-state index in [0.29, 0.717) is 5.75 Å². The quantitative estimate of drug-likeness (QED) is 0.867. The Labute approximate surface area is 97.6 Å². The van der Waals surface area contributed by atoms with E-state index < -0.39 is 0 Å². The third-order valence-electron chi connectivity index (χ3n) is 2.50. The van der Waals surface area contributed by atoms with Gasteiger partial charge in [-0.15, -0.1) is 0 Å². The summed E-state index contributed by atoms with van der Waals surface area (Å²) in [6.45, 7) is 1.98. The van der Waals surface area contributed by atoms with Crippen LogP contribution in [-0.2, 0) is 0 Å². The number of aromatic hydroxyl groups is 1. The Balaban J connectivity index is 2.03. The third kappa shape index (κ3) is 2.86. The van der Waals surface area contributed by atoms with Crippen LogP contribution in [0.5, 0.6) is 11.5 Å². The van der Waals surface area contributed by atoms with Gasteiger partial charge < -0.3 is 15.2 Å². The minimum Gasteiger partial charge on any atom is -0.504 e. The lowest BCUT2D eigenvalue weighted by molar-refractivity contribution is 0.157. The molecule has 0 bridgehead atoms. The summed E-state index contributed by atoms with van der Waals surface area (Å²) in [5, 5.41) is 12.9. The van der Waals surface area contributed by atoms with Crippen LogP contribution in [0.3, 0.4) is 0 Å². The van der Waals surface area contributed by atoms with Crippen LogP contribution < -0.4 is 10.1 Å². The first kappa shape index (κ1) is 10.8. The highest BCUT2D eigenvalue weighted by molar-refractivity contribution is 9.10. The monoisotopic (exact) mass is 271 g/mol. The molecule has 0 radical (unpaired) electrons. The van der Waals surface area contributed by atoms with Crippen molar-refractivity contribution in [3.8, 4) is 11.5 Å². The average molecular weight is 272 g/mol. The van der Waals surface area contributed by atoms with Crippen molar-refractivity contribution in [3.05, 3.63) is 22.7 Å². The summed E-state index contributed by atoms with van der Waals surface area (Å²) in [7, 11) is 0. The van der Waals surface area contributed by atoms with Crippen molar-refractivity contribution in [2.24, 2.45) is 0 Å². The average Bonchev–Trinajstić information content (AvgIpc) is 2.24. The van der Waals surface area contributed by atoms with Crippen molar-refractivity contribution < 1.29 is 9.84 Å². The minimum atomic E-state index is 0.197. The molecule has 1 fully saturated rings. The standard InChI is InChI=1S/C11H14BrNO2/c12-8-1-2-11(10(14)7-8)15-9-3-5-13-6-4-9/h1-2,7,9,13-14H,3-6H2. The van der Waals surface area contributed by atoms with Gasteiger partial charge in [0.1, 0.15) is 6.10 Å². The molecule has 82 valence electrons. The van der Waals surface area contributed by atoms with Gasteiger partial charge in [-0.25, -0.2) is 0 Å². The van der Waals surface area contributed by atoms with Crippen LogP contribution >= 0.6 is 15.9 Å². The number of nitrogens with one attached hydrogen (secondary N) is 1. The third-order valence-corrected chi connectivity index (χ3v) is 2.99. The van der Waals surface area contributed by atoms with Crippen molar-refractivity contribution in [2.45, 2.75) is 18.9 Å². The van der Waals surface area contributed by atoms with Crippen LogP contribution in [0, 0.1) is 0 Å². The van der Waals surface area contributed by atoms with Crippen molar-refractivity contribution in [1.82, 2.24) is 5.32 Å². The number of ether oxygens (including phenoxy) is 1. The van der Waals surface area contributed by atoms with Crippen LogP contribution in [-0.4, -0.2) is 24.3 Å². The molecule has 3 nitrogen and oxygen atoms in total. The van der Waals surface area contributed by atoms with Crippen molar-refractivity contribution in [3.63, 3.8) is 0 Å².